The highest BCUT2D eigenvalue weighted by atomic mass is 32.1. The molecule has 0 spiro atoms. The lowest BCUT2D eigenvalue weighted by Gasteiger charge is -2.27. The Balaban J connectivity index is 2.41. The third kappa shape index (κ3) is 3.39. The van der Waals surface area contributed by atoms with Gasteiger partial charge in [-0.1, -0.05) is 20.8 Å². The maximum absolute atomic E-state index is 4.24. The maximum Gasteiger partial charge on any atom is 0.0897 e. The first-order valence-electron chi connectivity index (χ1n) is 5.04. The van der Waals surface area contributed by atoms with Crippen LogP contribution in [-0.4, -0.2) is 11.0 Å². The predicted molar refractivity (Wildman–Crippen MR) is 62.6 cm³/mol. The molecule has 0 amide bonds. The molecule has 80 valence electrons. The van der Waals surface area contributed by atoms with Crippen LogP contribution in [0.5, 0.6) is 0 Å². The molecule has 0 radical (unpaired) electrons. The summed E-state index contributed by atoms with van der Waals surface area (Å²) in [6.45, 7) is 12.0. The van der Waals surface area contributed by atoms with Crippen molar-refractivity contribution in [3.8, 4) is 0 Å². The maximum atomic E-state index is 4.24. The molecule has 3 heteroatoms. The minimum absolute atomic E-state index is 0.319. The second kappa shape index (κ2) is 4.41. The standard InChI is InChI=1S/C11H20N2S/c1-8(11(3,4)5)12-6-10-7-13-9(2)14-10/h7-8,12H,6H2,1-5H3. The van der Waals surface area contributed by atoms with E-state index in [0.29, 0.717) is 11.5 Å². The van der Waals surface area contributed by atoms with Crippen molar-refractivity contribution in [3.05, 3.63) is 16.1 Å². The van der Waals surface area contributed by atoms with Gasteiger partial charge in [0.15, 0.2) is 0 Å². The molecule has 1 aromatic rings. The van der Waals surface area contributed by atoms with Gasteiger partial charge in [-0.25, -0.2) is 4.98 Å². The van der Waals surface area contributed by atoms with E-state index in [4.69, 9.17) is 0 Å². The Morgan fingerprint density at radius 1 is 1.50 bits per heavy atom. The Morgan fingerprint density at radius 3 is 2.57 bits per heavy atom. The molecular weight excluding hydrogens is 192 g/mol. The van der Waals surface area contributed by atoms with Gasteiger partial charge in [0, 0.05) is 23.7 Å². The molecule has 1 N–H and O–H groups in total. The van der Waals surface area contributed by atoms with Gasteiger partial charge in [-0.3, -0.25) is 0 Å². The Labute approximate surface area is 90.8 Å². The van der Waals surface area contributed by atoms with Gasteiger partial charge in [-0.05, 0) is 19.3 Å². The molecule has 1 heterocycles. The van der Waals surface area contributed by atoms with E-state index >= 15 is 0 Å². The molecule has 0 saturated heterocycles. The minimum Gasteiger partial charge on any atom is -0.309 e. The summed E-state index contributed by atoms with van der Waals surface area (Å²) in [6.07, 6.45) is 1.96. The fraction of sp³-hybridized carbons (Fsp3) is 0.727. The largest absolute Gasteiger partial charge is 0.309 e. The second-order valence-electron chi connectivity index (χ2n) is 4.81. The fourth-order valence-corrected chi connectivity index (χ4v) is 1.79. The van der Waals surface area contributed by atoms with E-state index in [1.54, 1.807) is 11.3 Å². The van der Waals surface area contributed by atoms with Gasteiger partial charge >= 0.3 is 0 Å². The van der Waals surface area contributed by atoms with Crippen LogP contribution >= 0.6 is 11.3 Å². The first-order chi connectivity index (χ1) is 6.39. The monoisotopic (exact) mass is 212 g/mol. The number of rotatable bonds is 3. The van der Waals surface area contributed by atoms with Crippen molar-refractivity contribution >= 4 is 11.3 Å². The van der Waals surface area contributed by atoms with Gasteiger partial charge in [0.25, 0.3) is 0 Å². The summed E-state index contributed by atoms with van der Waals surface area (Å²) in [5.41, 5.74) is 0.319. The molecule has 1 unspecified atom stereocenters. The van der Waals surface area contributed by atoms with Crippen molar-refractivity contribution in [1.82, 2.24) is 10.3 Å². The summed E-state index contributed by atoms with van der Waals surface area (Å²) >= 11 is 1.77. The molecule has 0 fully saturated rings. The van der Waals surface area contributed by atoms with Crippen molar-refractivity contribution in [2.45, 2.75) is 47.2 Å². The van der Waals surface area contributed by atoms with Gasteiger partial charge in [-0.2, -0.15) is 0 Å². The lowest BCUT2D eigenvalue weighted by Crippen LogP contribution is -2.36. The highest BCUT2D eigenvalue weighted by Gasteiger charge is 2.19. The van der Waals surface area contributed by atoms with E-state index in [-0.39, 0.29) is 0 Å². The summed E-state index contributed by atoms with van der Waals surface area (Å²) in [5, 5.41) is 4.67. The van der Waals surface area contributed by atoms with E-state index in [1.807, 2.05) is 13.1 Å². The zero-order valence-electron chi connectivity index (χ0n) is 9.72. The van der Waals surface area contributed by atoms with E-state index in [0.717, 1.165) is 11.6 Å². The van der Waals surface area contributed by atoms with Crippen molar-refractivity contribution in [3.63, 3.8) is 0 Å². The topological polar surface area (TPSA) is 24.9 Å². The van der Waals surface area contributed by atoms with Crippen LogP contribution in [0.15, 0.2) is 6.20 Å². The highest BCUT2D eigenvalue weighted by molar-refractivity contribution is 7.11. The van der Waals surface area contributed by atoms with Crippen LogP contribution in [0.1, 0.15) is 37.6 Å². The molecule has 2 nitrogen and oxygen atoms in total. The van der Waals surface area contributed by atoms with E-state index in [9.17, 15) is 0 Å². The van der Waals surface area contributed by atoms with Crippen molar-refractivity contribution < 1.29 is 0 Å². The van der Waals surface area contributed by atoms with Crippen molar-refractivity contribution in [1.29, 1.82) is 0 Å². The van der Waals surface area contributed by atoms with Crippen LogP contribution in [0.25, 0.3) is 0 Å². The Kier molecular flexibility index (Phi) is 3.67. The average molecular weight is 212 g/mol. The number of aromatic nitrogens is 1. The summed E-state index contributed by atoms with van der Waals surface area (Å²) in [7, 11) is 0. The number of nitrogens with one attached hydrogen (secondary N) is 1. The minimum atomic E-state index is 0.319. The molecule has 0 aliphatic heterocycles. The number of thiazole rings is 1. The fourth-order valence-electron chi connectivity index (χ4n) is 1.05. The third-order valence-electron chi connectivity index (χ3n) is 2.55. The van der Waals surface area contributed by atoms with E-state index in [2.05, 4.69) is 38.0 Å². The third-order valence-corrected chi connectivity index (χ3v) is 3.46. The molecule has 0 aromatic carbocycles. The quantitative estimate of drug-likeness (QED) is 0.833. The Morgan fingerprint density at radius 2 is 2.14 bits per heavy atom. The van der Waals surface area contributed by atoms with Gasteiger partial charge in [0.1, 0.15) is 0 Å². The smallest absolute Gasteiger partial charge is 0.0897 e. The van der Waals surface area contributed by atoms with Crippen molar-refractivity contribution in [2.75, 3.05) is 0 Å². The number of aryl methyl sites for hydroxylation is 1. The first kappa shape index (κ1) is 11.7. The van der Waals surface area contributed by atoms with Crippen LogP contribution in [0.4, 0.5) is 0 Å². The number of nitrogens with zero attached hydrogens (tertiary/aromatic N) is 1. The molecule has 0 aliphatic carbocycles. The SMILES string of the molecule is Cc1ncc(CNC(C)C(C)(C)C)s1. The Hall–Kier alpha value is -0.410. The summed E-state index contributed by atoms with van der Waals surface area (Å²) in [5.74, 6) is 0. The zero-order valence-corrected chi connectivity index (χ0v) is 10.5. The molecule has 14 heavy (non-hydrogen) atoms. The molecule has 1 aromatic heterocycles. The second-order valence-corrected chi connectivity index (χ2v) is 6.13. The van der Waals surface area contributed by atoms with Crippen molar-refractivity contribution in [2.24, 2.45) is 5.41 Å². The lowest BCUT2D eigenvalue weighted by atomic mass is 9.88. The predicted octanol–water partition coefficient (Wildman–Crippen LogP) is 2.98. The Bertz CT molecular complexity index is 286. The van der Waals surface area contributed by atoms with Crippen LogP contribution in [0, 0.1) is 12.3 Å². The molecule has 0 aliphatic rings. The molecule has 1 atom stereocenters. The molecular formula is C11H20N2S. The molecule has 0 saturated carbocycles. The van der Waals surface area contributed by atoms with Gasteiger partial charge < -0.3 is 5.32 Å². The average Bonchev–Trinajstić information content (AvgIpc) is 2.45. The van der Waals surface area contributed by atoms with Gasteiger partial charge in [0.2, 0.25) is 0 Å². The van der Waals surface area contributed by atoms with Crippen LogP contribution in [0.3, 0.4) is 0 Å². The molecule has 0 bridgehead atoms. The van der Waals surface area contributed by atoms with Crippen LogP contribution in [-0.2, 0) is 6.54 Å². The van der Waals surface area contributed by atoms with E-state index < -0.39 is 0 Å². The number of hydrogen-bond donors (Lipinski definition) is 1. The summed E-state index contributed by atoms with van der Waals surface area (Å²) in [6, 6.07) is 0.518. The van der Waals surface area contributed by atoms with Gasteiger partial charge in [0.05, 0.1) is 5.01 Å². The van der Waals surface area contributed by atoms with Crippen LogP contribution < -0.4 is 5.32 Å². The van der Waals surface area contributed by atoms with E-state index in [1.165, 1.54) is 4.88 Å². The summed E-state index contributed by atoms with van der Waals surface area (Å²) < 4.78 is 0. The van der Waals surface area contributed by atoms with Gasteiger partial charge in [-0.15, -0.1) is 11.3 Å². The first-order valence-corrected chi connectivity index (χ1v) is 5.86. The highest BCUT2D eigenvalue weighted by Crippen LogP contribution is 2.19. The summed E-state index contributed by atoms with van der Waals surface area (Å²) in [4.78, 5) is 5.55. The van der Waals surface area contributed by atoms with Crippen LogP contribution in [0.2, 0.25) is 0 Å². The number of hydrogen-bond acceptors (Lipinski definition) is 3. The zero-order chi connectivity index (χ0) is 10.8. The lowest BCUT2D eigenvalue weighted by molar-refractivity contribution is 0.286. The molecule has 1 rings (SSSR count). The normalized spacial score (nSPS) is 14.4.